The minimum atomic E-state index is -0.737. The van der Waals surface area contributed by atoms with Crippen LogP contribution < -0.4 is 10.1 Å². The maximum atomic E-state index is 10.3. The summed E-state index contributed by atoms with van der Waals surface area (Å²) in [7, 11) is 0. The normalized spacial score (nSPS) is 17.1. The van der Waals surface area contributed by atoms with Gasteiger partial charge in [-0.3, -0.25) is 4.90 Å². The molecule has 142 valence electrons. The van der Waals surface area contributed by atoms with E-state index in [0.29, 0.717) is 18.1 Å². The largest absolute Gasteiger partial charge is 0.457 e. The molecular weight excluding hydrogens is 344 g/mol. The van der Waals surface area contributed by atoms with Crippen molar-refractivity contribution < 1.29 is 14.9 Å². The van der Waals surface area contributed by atoms with Crippen LogP contribution in [0.25, 0.3) is 10.9 Å². The number of aromatic amines is 1. The summed E-state index contributed by atoms with van der Waals surface area (Å²) < 4.78 is 5.93. The number of rotatable bonds is 6. The van der Waals surface area contributed by atoms with Crippen molar-refractivity contribution in [3.8, 4) is 11.5 Å². The number of aliphatic hydroxyl groups excluding tert-OH is 2. The number of H-pyrrole nitrogens is 1. The van der Waals surface area contributed by atoms with Gasteiger partial charge in [-0.2, -0.15) is 0 Å². The highest BCUT2D eigenvalue weighted by atomic mass is 16.5. The molecule has 1 aliphatic rings. The van der Waals surface area contributed by atoms with Gasteiger partial charge in [-0.25, -0.2) is 4.98 Å². The fourth-order valence-electron chi connectivity index (χ4n) is 3.35. The zero-order chi connectivity index (χ0) is 18.6. The first-order chi connectivity index (χ1) is 13.2. The fraction of sp³-hybridized carbons (Fsp3) is 0.350. The smallest absolute Gasteiger partial charge is 0.138 e. The third kappa shape index (κ3) is 4.57. The molecule has 0 unspecified atom stereocenters. The van der Waals surface area contributed by atoms with Gasteiger partial charge in [0.25, 0.3) is 0 Å². The Morgan fingerprint density at radius 1 is 1.19 bits per heavy atom. The molecule has 1 fully saturated rings. The van der Waals surface area contributed by atoms with E-state index < -0.39 is 6.23 Å². The number of β-amino-alcohol motifs (C(OH)–C–C–N with tert-alkyl or cyclic N) is 1. The number of pyridine rings is 1. The van der Waals surface area contributed by atoms with Crippen molar-refractivity contribution in [3.05, 3.63) is 48.8 Å². The van der Waals surface area contributed by atoms with Crippen LogP contribution in [-0.2, 0) is 0 Å². The Morgan fingerprint density at radius 3 is 2.85 bits per heavy atom. The molecule has 7 nitrogen and oxygen atoms in total. The van der Waals surface area contributed by atoms with Crippen LogP contribution in [0.2, 0.25) is 0 Å². The number of hydrogen-bond donors (Lipinski definition) is 4. The molecule has 1 saturated heterocycles. The third-order valence-corrected chi connectivity index (χ3v) is 4.79. The lowest BCUT2D eigenvalue weighted by molar-refractivity contribution is 0.0580. The maximum Gasteiger partial charge on any atom is 0.138 e. The van der Waals surface area contributed by atoms with Crippen molar-refractivity contribution in [2.24, 2.45) is 0 Å². The second-order valence-electron chi connectivity index (χ2n) is 6.90. The number of likely N-dealkylation sites (tertiary alicyclic amines) is 1. The second kappa shape index (κ2) is 7.96. The summed E-state index contributed by atoms with van der Waals surface area (Å²) in [6.45, 7) is 2.07. The Labute approximate surface area is 157 Å². The molecule has 0 spiro atoms. The predicted octanol–water partition coefficient (Wildman–Crippen LogP) is 2.54. The average molecular weight is 368 g/mol. The van der Waals surface area contributed by atoms with Gasteiger partial charge in [0.2, 0.25) is 0 Å². The van der Waals surface area contributed by atoms with E-state index in [1.54, 1.807) is 18.3 Å². The van der Waals surface area contributed by atoms with Gasteiger partial charge < -0.3 is 25.3 Å². The number of aliphatic hydroxyl groups is 2. The standard InChI is InChI=1S/C20H24N4O3/c25-15-5-9-24(10-6-15)13-20(26)23-19-12-17(4-8-22-19)27-16-1-2-18-14(11-16)3-7-21-18/h1-4,7-8,11-12,15,20-21,25-26H,5-6,9-10,13H2,(H,22,23)/t20-/m1/s1. The van der Waals surface area contributed by atoms with E-state index in [2.05, 4.69) is 20.2 Å². The Balaban J connectivity index is 1.36. The van der Waals surface area contributed by atoms with Crippen molar-refractivity contribution in [3.63, 3.8) is 0 Å². The molecule has 0 amide bonds. The van der Waals surface area contributed by atoms with E-state index in [0.717, 1.165) is 42.6 Å². The first-order valence-electron chi connectivity index (χ1n) is 9.22. The molecule has 3 heterocycles. The van der Waals surface area contributed by atoms with Crippen LogP contribution in [-0.4, -0.2) is 57.0 Å². The lowest BCUT2D eigenvalue weighted by atomic mass is 10.1. The van der Waals surface area contributed by atoms with E-state index in [-0.39, 0.29) is 6.10 Å². The van der Waals surface area contributed by atoms with Gasteiger partial charge in [-0.15, -0.1) is 0 Å². The van der Waals surface area contributed by atoms with Gasteiger partial charge in [0.05, 0.1) is 6.10 Å². The van der Waals surface area contributed by atoms with Gasteiger partial charge in [0.15, 0.2) is 0 Å². The lowest BCUT2D eigenvalue weighted by Gasteiger charge is -2.31. The Hall–Kier alpha value is -2.61. The maximum absolute atomic E-state index is 10.3. The van der Waals surface area contributed by atoms with Crippen molar-refractivity contribution in [1.82, 2.24) is 14.9 Å². The lowest BCUT2D eigenvalue weighted by Crippen LogP contribution is -2.42. The Kier molecular flexibility index (Phi) is 5.24. The quantitative estimate of drug-likeness (QED) is 0.500. The predicted molar refractivity (Wildman–Crippen MR) is 104 cm³/mol. The van der Waals surface area contributed by atoms with Gasteiger partial charge in [0.1, 0.15) is 23.5 Å². The first-order valence-corrected chi connectivity index (χ1v) is 9.22. The summed E-state index contributed by atoms with van der Waals surface area (Å²) in [5.74, 6) is 1.95. The van der Waals surface area contributed by atoms with E-state index in [4.69, 9.17) is 4.74 Å². The SMILES string of the molecule is OC1CCN(C[C@@H](O)Nc2cc(Oc3ccc4[nH]ccc4c3)ccn2)CC1. The van der Waals surface area contributed by atoms with Gasteiger partial charge in [0, 0.05) is 49.0 Å². The topological polar surface area (TPSA) is 93.6 Å². The van der Waals surface area contributed by atoms with Crippen molar-refractivity contribution in [1.29, 1.82) is 0 Å². The second-order valence-corrected chi connectivity index (χ2v) is 6.90. The van der Waals surface area contributed by atoms with Crippen LogP contribution in [0.5, 0.6) is 11.5 Å². The molecule has 1 atom stereocenters. The van der Waals surface area contributed by atoms with Crippen LogP contribution >= 0.6 is 0 Å². The van der Waals surface area contributed by atoms with Crippen LogP contribution in [0, 0.1) is 0 Å². The number of nitrogens with zero attached hydrogens (tertiary/aromatic N) is 2. The molecule has 4 rings (SSSR count). The highest BCUT2D eigenvalue weighted by molar-refractivity contribution is 5.80. The Bertz CT molecular complexity index is 890. The number of fused-ring (bicyclic) bond motifs is 1. The molecule has 1 aromatic carbocycles. The molecule has 4 N–H and O–H groups in total. The van der Waals surface area contributed by atoms with Crippen molar-refractivity contribution in [2.45, 2.75) is 25.2 Å². The van der Waals surface area contributed by atoms with Crippen LogP contribution in [0.1, 0.15) is 12.8 Å². The van der Waals surface area contributed by atoms with Crippen molar-refractivity contribution in [2.75, 3.05) is 25.0 Å². The molecular formula is C20H24N4O3. The molecule has 27 heavy (non-hydrogen) atoms. The highest BCUT2D eigenvalue weighted by Crippen LogP contribution is 2.26. The summed E-state index contributed by atoms with van der Waals surface area (Å²) >= 11 is 0. The molecule has 0 aliphatic carbocycles. The highest BCUT2D eigenvalue weighted by Gasteiger charge is 2.19. The first kappa shape index (κ1) is 17.8. The molecule has 1 aliphatic heterocycles. The van der Waals surface area contributed by atoms with Crippen molar-refractivity contribution >= 4 is 16.7 Å². The molecule has 0 saturated carbocycles. The van der Waals surface area contributed by atoms with E-state index >= 15 is 0 Å². The van der Waals surface area contributed by atoms with E-state index in [1.165, 1.54) is 0 Å². The number of hydrogen-bond acceptors (Lipinski definition) is 6. The minimum Gasteiger partial charge on any atom is -0.457 e. The molecule has 0 bridgehead atoms. The van der Waals surface area contributed by atoms with E-state index in [1.807, 2.05) is 30.5 Å². The molecule has 7 heteroatoms. The number of benzene rings is 1. The molecule has 3 aromatic rings. The van der Waals surface area contributed by atoms with Gasteiger partial charge in [-0.05, 0) is 43.2 Å². The van der Waals surface area contributed by atoms with E-state index in [9.17, 15) is 10.2 Å². The minimum absolute atomic E-state index is 0.215. The summed E-state index contributed by atoms with van der Waals surface area (Å²) in [6.07, 6.45) is 4.09. The monoisotopic (exact) mass is 368 g/mol. The van der Waals surface area contributed by atoms with Gasteiger partial charge >= 0.3 is 0 Å². The average Bonchev–Trinajstić information content (AvgIpc) is 3.12. The van der Waals surface area contributed by atoms with Crippen LogP contribution in [0.15, 0.2) is 48.8 Å². The number of piperidine rings is 1. The summed E-state index contributed by atoms with van der Waals surface area (Å²) in [6, 6.07) is 11.4. The number of aromatic nitrogens is 2. The molecule has 0 radical (unpaired) electrons. The summed E-state index contributed by atoms with van der Waals surface area (Å²) in [5, 5.41) is 24.0. The summed E-state index contributed by atoms with van der Waals surface area (Å²) in [5.41, 5.74) is 1.06. The third-order valence-electron chi connectivity index (χ3n) is 4.79. The van der Waals surface area contributed by atoms with Crippen LogP contribution in [0.4, 0.5) is 5.82 Å². The Morgan fingerprint density at radius 2 is 2.00 bits per heavy atom. The number of ether oxygens (including phenoxy) is 1. The fourth-order valence-corrected chi connectivity index (χ4v) is 3.35. The van der Waals surface area contributed by atoms with Crippen LogP contribution in [0.3, 0.4) is 0 Å². The number of nitrogens with one attached hydrogen (secondary N) is 2. The zero-order valence-electron chi connectivity index (χ0n) is 15.0. The number of anilines is 1. The summed E-state index contributed by atoms with van der Waals surface area (Å²) in [4.78, 5) is 9.54. The van der Waals surface area contributed by atoms with Gasteiger partial charge in [-0.1, -0.05) is 0 Å². The molecule has 2 aromatic heterocycles. The zero-order valence-corrected chi connectivity index (χ0v) is 15.0.